The molecule has 1 aliphatic carbocycles. The van der Waals surface area contributed by atoms with Crippen LogP contribution in [-0.2, 0) is 9.84 Å². The van der Waals surface area contributed by atoms with Crippen LogP contribution in [-0.4, -0.2) is 64.4 Å². The molecule has 1 heterocycles. The summed E-state index contributed by atoms with van der Waals surface area (Å²) in [6, 6.07) is -0.471. The molecule has 1 N–H and O–H groups in total. The molecule has 1 aromatic rings. The summed E-state index contributed by atoms with van der Waals surface area (Å²) in [6.45, 7) is 1.68. The van der Waals surface area contributed by atoms with Crippen molar-refractivity contribution in [3.8, 4) is 0 Å². The Balaban J connectivity index is 2.21. The topological polar surface area (TPSA) is 118 Å². The van der Waals surface area contributed by atoms with Crippen LogP contribution in [0.15, 0.2) is 12.4 Å². The van der Waals surface area contributed by atoms with Gasteiger partial charge in [0.1, 0.15) is 15.5 Å². The fourth-order valence-corrected chi connectivity index (χ4v) is 3.32. The van der Waals surface area contributed by atoms with E-state index in [1.165, 1.54) is 4.90 Å². The standard InChI is InChI=1S/C13H17N3O5S/c1-8(7-22(2,20)21)16(9-3-4-9)12(17)10-5-15-11(6-14-10)13(18)19/h5-6,8-9H,3-4,7H2,1-2H3,(H,18,19). The number of aromatic nitrogens is 2. The molecule has 22 heavy (non-hydrogen) atoms. The fourth-order valence-electron chi connectivity index (χ4n) is 2.28. The normalized spacial score (nSPS) is 16.1. The summed E-state index contributed by atoms with van der Waals surface area (Å²) in [5, 5.41) is 8.77. The minimum Gasteiger partial charge on any atom is -0.476 e. The second-order valence-corrected chi connectivity index (χ2v) is 7.66. The van der Waals surface area contributed by atoms with Crippen molar-refractivity contribution in [2.45, 2.75) is 31.8 Å². The molecule has 0 radical (unpaired) electrons. The molecule has 0 spiro atoms. The van der Waals surface area contributed by atoms with E-state index in [1.54, 1.807) is 6.92 Å². The molecule has 1 atom stereocenters. The molecule has 0 saturated heterocycles. The van der Waals surface area contributed by atoms with Crippen molar-refractivity contribution < 1.29 is 23.1 Å². The Morgan fingerprint density at radius 2 is 1.86 bits per heavy atom. The Morgan fingerprint density at radius 1 is 1.32 bits per heavy atom. The Labute approximate surface area is 128 Å². The van der Waals surface area contributed by atoms with E-state index in [0.717, 1.165) is 31.5 Å². The van der Waals surface area contributed by atoms with Gasteiger partial charge in [-0.3, -0.25) is 4.79 Å². The summed E-state index contributed by atoms with van der Waals surface area (Å²) in [5.41, 5.74) is -0.240. The smallest absolute Gasteiger partial charge is 0.356 e. The zero-order valence-electron chi connectivity index (χ0n) is 12.3. The molecule has 1 unspecified atom stereocenters. The molecule has 120 valence electrons. The van der Waals surface area contributed by atoms with Crippen LogP contribution in [0.3, 0.4) is 0 Å². The number of carbonyl (C=O) groups excluding carboxylic acids is 1. The fraction of sp³-hybridized carbons (Fsp3) is 0.538. The van der Waals surface area contributed by atoms with Crippen LogP contribution < -0.4 is 0 Å². The van der Waals surface area contributed by atoms with E-state index >= 15 is 0 Å². The molecule has 1 aliphatic rings. The summed E-state index contributed by atoms with van der Waals surface area (Å²) in [6.07, 6.45) is 4.89. The average Bonchev–Trinajstić information content (AvgIpc) is 3.21. The number of hydrogen-bond donors (Lipinski definition) is 1. The van der Waals surface area contributed by atoms with E-state index in [0.29, 0.717) is 0 Å². The quantitative estimate of drug-likeness (QED) is 0.793. The lowest BCUT2D eigenvalue weighted by Crippen LogP contribution is -2.44. The zero-order valence-corrected chi connectivity index (χ0v) is 13.1. The highest BCUT2D eigenvalue weighted by Crippen LogP contribution is 2.30. The van der Waals surface area contributed by atoms with E-state index in [4.69, 9.17) is 5.11 Å². The summed E-state index contributed by atoms with van der Waals surface area (Å²) in [5.74, 6) is -1.78. The highest BCUT2D eigenvalue weighted by molar-refractivity contribution is 7.90. The SMILES string of the molecule is CC(CS(C)(=O)=O)N(C(=O)c1cnc(C(=O)O)cn1)C1CC1. The first-order valence-electron chi connectivity index (χ1n) is 6.75. The zero-order chi connectivity index (χ0) is 16.5. The van der Waals surface area contributed by atoms with Crippen molar-refractivity contribution in [2.75, 3.05) is 12.0 Å². The van der Waals surface area contributed by atoms with Gasteiger partial charge in [0.25, 0.3) is 5.91 Å². The number of aromatic carboxylic acids is 1. The van der Waals surface area contributed by atoms with E-state index < -0.39 is 27.8 Å². The van der Waals surface area contributed by atoms with E-state index in [1.807, 2.05) is 0 Å². The molecule has 1 fully saturated rings. The molecule has 9 heteroatoms. The number of amides is 1. The van der Waals surface area contributed by atoms with Crippen LogP contribution in [0.5, 0.6) is 0 Å². The molecule has 0 bridgehead atoms. The lowest BCUT2D eigenvalue weighted by Gasteiger charge is -2.28. The number of rotatable bonds is 6. The highest BCUT2D eigenvalue weighted by Gasteiger charge is 2.37. The monoisotopic (exact) mass is 327 g/mol. The maximum absolute atomic E-state index is 12.5. The third-order valence-electron chi connectivity index (χ3n) is 3.28. The Kier molecular flexibility index (Phi) is 4.45. The van der Waals surface area contributed by atoms with Crippen LogP contribution in [0.2, 0.25) is 0 Å². The molecular weight excluding hydrogens is 310 g/mol. The second kappa shape index (κ2) is 5.99. The van der Waals surface area contributed by atoms with Crippen molar-refractivity contribution in [3.05, 3.63) is 23.8 Å². The lowest BCUT2D eigenvalue weighted by atomic mass is 10.2. The van der Waals surface area contributed by atoms with Gasteiger partial charge in [0.15, 0.2) is 5.69 Å². The van der Waals surface area contributed by atoms with Gasteiger partial charge in [-0.2, -0.15) is 0 Å². The van der Waals surface area contributed by atoms with Crippen LogP contribution >= 0.6 is 0 Å². The summed E-state index contributed by atoms with van der Waals surface area (Å²) < 4.78 is 22.9. The van der Waals surface area contributed by atoms with Crippen molar-refractivity contribution in [1.82, 2.24) is 14.9 Å². The minimum atomic E-state index is -3.22. The van der Waals surface area contributed by atoms with Crippen molar-refractivity contribution in [2.24, 2.45) is 0 Å². The lowest BCUT2D eigenvalue weighted by molar-refractivity contribution is 0.0670. The van der Waals surface area contributed by atoms with Gasteiger partial charge in [-0.25, -0.2) is 23.2 Å². The molecule has 8 nitrogen and oxygen atoms in total. The van der Waals surface area contributed by atoms with Crippen molar-refractivity contribution in [3.63, 3.8) is 0 Å². The van der Waals surface area contributed by atoms with E-state index in [9.17, 15) is 18.0 Å². The molecule has 2 rings (SSSR count). The maximum Gasteiger partial charge on any atom is 0.356 e. The van der Waals surface area contributed by atoms with Gasteiger partial charge < -0.3 is 10.0 Å². The predicted molar refractivity (Wildman–Crippen MR) is 77.4 cm³/mol. The Morgan fingerprint density at radius 3 is 2.27 bits per heavy atom. The third kappa shape index (κ3) is 4.00. The Hall–Kier alpha value is -2.03. The van der Waals surface area contributed by atoms with Gasteiger partial charge in [0.2, 0.25) is 0 Å². The first-order chi connectivity index (χ1) is 10.2. The number of carbonyl (C=O) groups is 2. The number of sulfone groups is 1. The predicted octanol–water partition coefficient (Wildman–Crippen LogP) is 0.212. The molecular formula is C13H17N3O5S. The highest BCUT2D eigenvalue weighted by atomic mass is 32.2. The van der Waals surface area contributed by atoms with Gasteiger partial charge in [-0.1, -0.05) is 0 Å². The first-order valence-corrected chi connectivity index (χ1v) is 8.81. The van der Waals surface area contributed by atoms with Crippen molar-refractivity contribution >= 4 is 21.7 Å². The molecule has 0 aromatic carbocycles. The molecule has 1 saturated carbocycles. The molecule has 1 aromatic heterocycles. The Bertz CT molecular complexity index is 682. The van der Waals surface area contributed by atoms with Crippen LogP contribution in [0, 0.1) is 0 Å². The third-order valence-corrected chi connectivity index (χ3v) is 4.37. The number of carboxylic acids is 1. The average molecular weight is 327 g/mol. The van der Waals surface area contributed by atoms with Gasteiger partial charge in [0.05, 0.1) is 18.1 Å². The summed E-state index contributed by atoms with van der Waals surface area (Å²) >= 11 is 0. The minimum absolute atomic E-state index is 0.00482. The largest absolute Gasteiger partial charge is 0.476 e. The molecule has 0 aliphatic heterocycles. The van der Waals surface area contributed by atoms with Gasteiger partial charge >= 0.3 is 5.97 Å². The van der Waals surface area contributed by atoms with Crippen LogP contribution in [0.4, 0.5) is 0 Å². The first kappa shape index (κ1) is 16.3. The van der Waals surface area contributed by atoms with E-state index in [-0.39, 0.29) is 23.2 Å². The van der Waals surface area contributed by atoms with Crippen molar-refractivity contribution in [1.29, 1.82) is 0 Å². The van der Waals surface area contributed by atoms with Crippen LogP contribution in [0.1, 0.15) is 40.7 Å². The van der Waals surface area contributed by atoms with Gasteiger partial charge in [-0.15, -0.1) is 0 Å². The van der Waals surface area contributed by atoms with Gasteiger partial charge in [-0.05, 0) is 19.8 Å². The number of nitrogens with zero attached hydrogens (tertiary/aromatic N) is 3. The number of hydrogen-bond acceptors (Lipinski definition) is 6. The number of carboxylic acid groups (broad SMARTS) is 1. The van der Waals surface area contributed by atoms with E-state index in [2.05, 4.69) is 9.97 Å². The summed E-state index contributed by atoms with van der Waals surface area (Å²) in [7, 11) is -3.22. The summed E-state index contributed by atoms with van der Waals surface area (Å²) in [4.78, 5) is 32.2. The maximum atomic E-state index is 12.5. The second-order valence-electron chi connectivity index (χ2n) is 5.48. The molecule has 1 amide bonds. The van der Waals surface area contributed by atoms with Gasteiger partial charge in [0, 0.05) is 18.3 Å². The van der Waals surface area contributed by atoms with Crippen LogP contribution in [0.25, 0.3) is 0 Å².